The summed E-state index contributed by atoms with van der Waals surface area (Å²) in [5.74, 6) is 0.284. The average Bonchev–Trinajstić information content (AvgIpc) is 2.79. The van der Waals surface area contributed by atoms with Crippen LogP contribution >= 0.6 is 0 Å². The summed E-state index contributed by atoms with van der Waals surface area (Å²) in [6.45, 7) is 2.10. The molecule has 27 heavy (non-hydrogen) atoms. The molecular formula is C22H32N2O3. The predicted octanol–water partition coefficient (Wildman–Crippen LogP) is 2.62. The fraction of sp³-hybridized carbons (Fsp3) is 0.636. The predicted molar refractivity (Wildman–Crippen MR) is 105 cm³/mol. The molecular weight excluding hydrogens is 340 g/mol. The normalized spacial score (nSPS) is 28.7. The van der Waals surface area contributed by atoms with Crippen molar-refractivity contribution in [2.45, 2.75) is 69.4 Å². The van der Waals surface area contributed by atoms with Gasteiger partial charge in [-0.25, -0.2) is 0 Å². The maximum atomic E-state index is 12.7. The monoisotopic (exact) mass is 372 g/mol. The molecule has 0 saturated heterocycles. The smallest absolute Gasteiger partial charge is 0.225 e. The summed E-state index contributed by atoms with van der Waals surface area (Å²) in [5, 5.41) is 13.8. The van der Waals surface area contributed by atoms with Crippen LogP contribution in [0.5, 0.6) is 0 Å². The number of carbonyl (C=O) groups excluding carboxylic acids is 2. The van der Waals surface area contributed by atoms with Crippen molar-refractivity contribution in [1.29, 1.82) is 0 Å². The fourth-order valence-electron chi connectivity index (χ4n) is 4.57. The number of likely N-dealkylation sites (N-methyl/N-ethyl adjacent to an activating group) is 1. The summed E-state index contributed by atoms with van der Waals surface area (Å²) in [6, 6.07) is 10.1. The van der Waals surface area contributed by atoms with Crippen LogP contribution in [0.15, 0.2) is 30.3 Å². The lowest BCUT2D eigenvalue weighted by Gasteiger charge is -2.36. The van der Waals surface area contributed by atoms with Gasteiger partial charge in [0.25, 0.3) is 0 Å². The molecule has 0 unspecified atom stereocenters. The zero-order valence-corrected chi connectivity index (χ0v) is 16.5. The summed E-state index contributed by atoms with van der Waals surface area (Å²) in [4.78, 5) is 26.1. The minimum absolute atomic E-state index is 0.0380. The minimum atomic E-state index is -0.526. The lowest BCUT2D eigenvalue weighted by atomic mass is 9.74. The summed E-state index contributed by atoms with van der Waals surface area (Å²) in [7, 11) is 1.85. The van der Waals surface area contributed by atoms with E-state index in [9.17, 15) is 14.7 Å². The molecule has 0 spiro atoms. The number of nitrogens with zero attached hydrogens (tertiary/aromatic N) is 1. The third kappa shape index (κ3) is 4.34. The molecule has 0 aromatic heterocycles. The Hall–Kier alpha value is -1.88. The molecule has 3 rings (SSSR count). The van der Waals surface area contributed by atoms with Crippen molar-refractivity contribution in [2.75, 3.05) is 13.6 Å². The van der Waals surface area contributed by atoms with Crippen LogP contribution in [-0.2, 0) is 15.0 Å². The molecule has 0 radical (unpaired) electrons. The molecule has 148 valence electrons. The third-order valence-electron chi connectivity index (χ3n) is 6.64. The largest absolute Gasteiger partial charge is 0.391 e. The van der Waals surface area contributed by atoms with Crippen molar-refractivity contribution in [2.24, 2.45) is 5.92 Å². The number of aliphatic hydroxyl groups is 1. The molecule has 2 aliphatic rings. The first-order valence-electron chi connectivity index (χ1n) is 10.2. The Balaban J connectivity index is 1.79. The second-order valence-corrected chi connectivity index (χ2v) is 8.35. The van der Waals surface area contributed by atoms with Gasteiger partial charge in [0.2, 0.25) is 11.8 Å². The molecule has 5 heteroatoms. The SMILES string of the molecule is CC(=O)NC[C@]1(c2ccccc2)CC[C@@H](O)[C@H](N(C)C(=O)C2CCC2)CC1. The number of nitrogens with one attached hydrogen (secondary N) is 1. The van der Waals surface area contributed by atoms with E-state index in [0.717, 1.165) is 38.5 Å². The molecule has 2 N–H and O–H groups in total. The van der Waals surface area contributed by atoms with Gasteiger partial charge < -0.3 is 15.3 Å². The van der Waals surface area contributed by atoms with Crippen LogP contribution < -0.4 is 5.32 Å². The number of carbonyl (C=O) groups is 2. The number of hydrogen-bond acceptors (Lipinski definition) is 3. The number of hydrogen-bond donors (Lipinski definition) is 2. The van der Waals surface area contributed by atoms with E-state index in [2.05, 4.69) is 17.4 Å². The number of rotatable bonds is 5. The first-order chi connectivity index (χ1) is 12.9. The van der Waals surface area contributed by atoms with E-state index < -0.39 is 6.10 Å². The van der Waals surface area contributed by atoms with Gasteiger partial charge in [-0.05, 0) is 44.1 Å². The Morgan fingerprint density at radius 3 is 2.41 bits per heavy atom. The van der Waals surface area contributed by atoms with Crippen LogP contribution in [-0.4, -0.2) is 47.6 Å². The van der Waals surface area contributed by atoms with Crippen molar-refractivity contribution in [1.82, 2.24) is 10.2 Å². The van der Waals surface area contributed by atoms with Crippen molar-refractivity contribution >= 4 is 11.8 Å². The van der Waals surface area contributed by atoms with Gasteiger partial charge in [0, 0.05) is 31.8 Å². The van der Waals surface area contributed by atoms with Gasteiger partial charge in [0.05, 0.1) is 12.1 Å². The van der Waals surface area contributed by atoms with Crippen molar-refractivity contribution in [3.05, 3.63) is 35.9 Å². The highest BCUT2D eigenvalue weighted by Gasteiger charge is 2.41. The van der Waals surface area contributed by atoms with Crippen LogP contribution in [0.2, 0.25) is 0 Å². The fourth-order valence-corrected chi connectivity index (χ4v) is 4.57. The van der Waals surface area contributed by atoms with Crippen molar-refractivity contribution in [3.8, 4) is 0 Å². The van der Waals surface area contributed by atoms with Crippen LogP contribution in [0.25, 0.3) is 0 Å². The maximum Gasteiger partial charge on any atom is 0.225 e. The molecule has 0 heterocycles. The molecule has 2 aliphatic carbocycles. The Labute approximate surface area is 162 Å². The van der Waals surface area contributed by atoms with E-state index in [0.29, 0.717) is 13.0 Å². The van der Waals surface area contributed by atoms with Crippen LogP contribution in [0.1, 0.15) is 57.4 Å². The van der Waals surface area contributed by atoms with Crippen LogP contribution in [0, 0.1) is 5.92 Å². The Morgan fingerprint density at radius 1 is 1.15 bits per heavy atom. The number of amides is 2. The second-order valence-electron chi connectivity index (χ2n) is 8.35. The molecule has 0 bridgehead atoms. The van der Waals surface area contributed by atoms with E-state index in [1.807, 2.05) is 25.2 Å². The zero-order chi connectivity index (χ0) is 19.4. The van der Waals surface area contributed by atoms with Gasteiger partial charge in [-0.2, -0.15) is 0 Å². The van der Waals surface area contributed by atoms with Gasteiger partial charge in [0.15, 0.2) is 0 Å². The van der Waals surface area contributed by atoms with Gasteiger partial charge >= 0.3 is 0 Å². The maximum absolute atomic E-state index is 12.7. The van der Waals surface area contributed by atoms with E-state index in [-0.39, 0.29) is 29.2 Å². The van der Waals surface area contributed by atoms with Crippen molar-refractivity contribution in [3.63, 3.8) is 0 Å². The quantitative estimate of drug-likeness (QED) is 0.781. The summed E-state index contributed by atoms with van der Waals surface area (Å²) in [6.07, 6.45) is 5.55. The van der Waals surface area contributed by atoms with Crippen molar-refractivity contribution < 1.29 is 14.7 Å². The lowest BCUT2D eigenvalue weighted by molar-refractivity contribution is -0.141. The van der Waals surface area contributed by atoms with Gasteiger partial charge in [-0.15, -0.1) is 0 Å². The molecule has 5 nitrogen and oxygen atoms in total. The molecule has 2 fully saturated rings. The molecule has 2 amide bonds. The zero-order valence-electron chi connectivity index (χ0n) is 16.5. The summed E-state index contributed by atoms with van der Waals surface area (Å²) < 4.78 is 0. The summed E-state index contributed by atoms with van der Waals surface area (Å²) >= 11 is 0. The molecule has 0 aliphatic heterocycles. The highest BCUT2D eigenvalue weighted by Crippen LogP contribution is 2.40. The molecule has 1 aromatic carbocycles. The first-order valence-corrected chi connectivity index (χ1v) is 10.2. The molecule has 3 atom stereocenters. The highest BCUT2D eigenvalue weighted by molar-refractivity contribution is 5.79. The lowest BCUT2D eigenvalue weighted by Crippen LogP contribution is -2.47. The van der Waals surface area contributed by atoms with Gasteiger partial charge in [-0.1, -0.05) is 36.8 Å². The standard InChI is InChI=1S/C22H32N2O3/c1-16(25)23-15-22(18-9-4-3-5-10-18)13-11-19(20(26)12-14-22)24(2)21(27)17-7-6-8-17/h3-5,9-10,17,19-20,26H,6-8,11-15H2,1-2H3,(H,23,25)/t19-,20-,22-/m1/s1. The second kappa shape index (κ2) is 8.42. The Morgan fingerprint density at radius 2 is 1.81 bits per heavy atom. The van der Waals surface area contributed by atoms with E-state index >= 15 is 0 Å². The van der Waals surface area contributed by atoms with E-state index in [4.69, 9.17) is 0 Å². The average molecular weight is 373 g/mol. The number of benzene rings is 1. The van der Waals surface area contributed by atoms with Gasteiger partial charge in [-0.3, -0.25) is 9.59 Å². The topological polar surface area (TPSA) is 69.6 Å². The first kappa shape index (κ1) is 19.9. The highest BCUT2D eigenvalue weighted by atomic mass is 16.3. The number of aliphatic hydroxyl groups excluding tert-OH is 1. The minimum Gasteiger partial charge on any atom is -0.391 e. The molecule has 1 aromatic rings. The van der Waals surface area contributed by atoms with E-state index in [1.165, 1.54) is 12.5 Å². The Kier molecular flexibility index (Phi) is 6.20. The van der Waals surface area contributed by atoms with E-state index in [1.54, 1.807) is 4.90 Å². The van der Waals surface area contributed by atoms with Crippen LogP contribution in [0.4, 0.5) is 0 Å². The van der Waals surface area contributed by atoms with Gasteiger partial charge in [0.1, 0.15) is 0 Å². The molecule has 2 saturated carbocycles. The summed E-state index contributed by atoms with van der Waals surface area (Å²) in [5.41, 5.74) is 0.989. The third-order valence-corrected chi connectivity index (χ3v) is 6.64. The Bertz CT molecular complexity index is 659. The van der Waals surface area contributed by atoms with Crippen LogP contribution in [0.3, 0.4) is 0 Å².